The largest absolute Gasteiger partial charge is 0.378 e. The zero-order valence-corrected chi connectivity index (χ0v) is 14.3. The van der Waals surface area contributed by atoms with Gasteiger partial charge in [-0.1, -0.05) is 23.7 Å². The molecule has 0 saturated carbocycles. The van der Waals surface area contributed by atoms with Crippen LogP contribution in [-0.2, 0) is 10.0 Å². The molecule has 2 aromatic rings. The molecule has 7 heteroatoms. The number of benzene rings is 2. The molecule has 0 radical (unpaired) electrons. The van der Waals surface area contributed by atoms with E-state index in [2.05, 4.69) is 21.2 Å². The molecule has 4 nitrogen and oxygen atoms in total. The molecule has 0 aliphatic heterocycles. The molecule has 0 aliphatic carbocycles. The molecule has 3 N–H and O–H groups in total. The smallest absolute Gasteiger partial charge is 0.238 e. The highest BCUT2D eigenvalue weighted by molar-refractivity contribution is 9.10. The van der Waals surface area contributed by atoms with E-state index in [1.165, 1.54) is 6.07 Å². The van der Waals surface area contributed by atoms with Gasteiger partial charge >= 0.3 is 0 Å². The summed E-state index contributed by atoms with van der Waals surface area (Å²) < 4.78 is 23.6. The van der Waals surface area contributed by atoms with E-state index in [9.17, 15) is 8.42 Å². The fourth-order valence-electron chi connectivity index (χ4n) is 1.88. The number of sulfonamides is 1. The monoisotopic (exact) mass is 388 g/mol. The first kappa shape index (κ1) is 16.3. The van der Waals surface area contributed by atoms with Gasteiger partial charge in [0.2, 0.25) is 10.0 Å². The second-order valence-electron chi connectivity index (χ2n) is 4.61. The van der Waals surface area contributed by atoms with Gasteiger partial charge in [-0.05, 0) is 58.7 Å². The van der Waals surface area contributed by atoms with Crippen LogP contribution >= 0.6 is 27.5 Å². The lowest BCUT2D eigenvalue weighted by molar-refractivity contribution is 0.597. The van der Waals surface area contributed by atoms with Crippen LogP contribution in [0.5, 0.6) is 0 Å². The summed E-state index contributed by atoms with van der Waals surface area (Å²) in [7, 11) is -3.70. The standard InChI is InChI=1S/C14H14BrClN2O2S/c1-9(18-11-5-6-14(16)13(15)8-11)10-3-2-4-12(7-10)21(17,19)20/h2-9,18H,1H3,(H2,17,19,20). The Morgan fingerprint density at radius 1 is 1.24 bits per heavy atom. The second kappa shape index (κ2) is 6.36. The van der Waals surface area contributed by atoms with Gasteiger partial charge in [0.05, 0.1) is 9.92 Å². The third-order valence-corrected chi connectivity index (χ3v) is 5.11. The fraction of sp³-hybridized carbons (Fsp3) is 0.143. The average molecular weight is 390 g/mol. The number of hydrogen-bond acceptors (Lipinski definition) is 3. The van der Waals surface area contributed by atoms with Crippen LogP contribution in [-0.4, -0.2) is 8.42 Å². The Kier molecular flexibility index (Phi) is 4.93. The highest BCUT2D eigenvalue weighted by atomic mass is 79.9. The Morgan fingerprint density at radius 3 is 2.57 bits per heavy atom. The maximum atomic E-state index is 11.4. The fourth-order valence-corrected chi connectivity index (χ4v) is 2.95. The highest BCUT2D eigenvalue weighted by Crippen LogP contribution is 2.28. The Bertz CT molecular complexity index is 765. The zero-order valence-electron chi connectivity index (χ0n) is 11.2. The molecule has 0 saturated heterocycles. The van der Waals surface area contributed by atoms with Crippen LogP contribution in [0.4, 0.5) is 5.69 Å². The van der Waals surface area contributed by atoms with Gasteiger partial charge in [0.15, 0.2) is 0 Å². The van der Waals surface area contributed by atoms with Gasteiger partial charge in [-0.3, -0.25) is 0 Å². The highest BCUT2D eigenvalue weighted by Gasteiger charge is 2.12. The van der Waals surface area contributed by atoms with Crippen molar-refractivity contribution in [3.63, 3.8) is 0 Å². The minimum absolute atomic E-state index is 0.0835. The van der Waals surface area contributed by atoms with Crippen molar-refractivity contribution >= 4 is 43.2 Å². The first-order valence-corrected chi connectivity index (χ1v) is 8.83. The molecule has 0 spiro atoms. The molecule has 2 rings (SSSR count). The number of hydrogen-bond donors (Lipinski definition) is 2. The first-order valence-electron chi connectivity index (χ1n) is 6.12. The van der Waals surface area contributed by atoms with Gasteiger partial charge in [-0.15, -0.1) is 0 Å². The van der Waals surface area contributed by atoms with E-state index in [0.29, 0.717) is 5.02 Å². The minimum Gasteiger partial charge on any atom is -0.378 e. The number of primary sulfonamides is 1. The van der Waals surface area contributed by atoms with Crippen LogP contribution in [0.25, 0.3) is 0 Å². The van der Waals surface area contributed by atoms with Crippen LogP contribution in [0.2, 0.25) is 5.02 Å². The Hall–Kier alpha value is -1.08. The Balaban J connectivity index is 2.24. The predicted molar refractivity (Wildman–Crippen MR) is 89.0 cm³/mol. The van der Waals surface area contributed by atoms with Gasteiger partial charge in [0.1, 0.15) is 0 Å². The molecule has 0 bridgehead atoms. The van der Waals surface area contributed by atoms with E-state index >= 15 is 0 Å². The van der Waals surface area contributed by atoms with Gasteiger partial charge in [0.25, 0.3) is 0 Å². The molecule has 0 heterocycles. The Morgan fingerprint density at radius 2 is 1.95 bits per heavy atom. The van der Waals surface area contributed by atoms with Gasteiger partial charge < -0.3 is 5.32 Å². The molecule has 1 atom stereocenters. The first-order chi connectivity index (χ1) is 9.77. The average Bonchev–Trinajstić information content (AvgIpc) is 2.42. The third kappa shape index (κ3) is 4.20. The predicted octanol–water partition coefficient (Wildman–Crippen LogP) is 3.92. The number of rotatable bonds is 4. The molecular weight excluding hydrogens is 376 g/mol. The van der Waals surface area contributed by atoms with Gasteiger partial charge in [0, 0.05) is 16.2 Å². The molecule has 2 aromatic carbocycles. The summed E-state index contributed by atoms with van der Waals surface area (Å²) in [4.78, 5) is 0.103. The van der Waals surface area contributed by atoms with Crippen molar-refractivity contribution in [3.8, 4) is 0 Å². The van der Waals surface area contributed by atoms with E-state index in [4.69, 9.17) is 16.7 Å². The summed E-state index contributed by atoms with van der Waals surface area (Å²) in [6.07, 6.45) is 0. The second-order valence-corrected chi connectivity index (χ2v) is 7.44. The van der Waals surface area contributed by atoms with E-state index in [0.717, 1.165) is 15.7 Å². The van der Waals surface area contributed by atoms with Crippen LogP contribution < -0.4 is 10.5 Å². The lowest BCUT2D eigenvalue weighted by atomic mass is 10.1. The van der Waals surface area contributed by atoms with Crippen molar-refractivity contribution in [1.29, 1.82) is 0 Å². The van der Waals surface area contributed by atoms with E-state index in [1.54, 1.807) is 18.2 Å². The molecule has 1 unspecified atom stereocenters. The number of nitrogens with one attached hydrogen (secondary N) is 1. The lowest BCUT2D eigenvalue weighted by Gasteiger charge is -2.17. The van der Waals surface area contributed by atoms with Crippen LogP contribution in [0.15, 0.2) is 51.8 Å². The topological polar surface area (TPSA) is 72.2 Å². The van der Waals surface area contributed by atoms with E-state index in [1.807, 2.05) is 25.1 Å². The maximum Gasteiger partial charge on any atom is 0.238 e. The zero-order chi connectivity index (χ0) is 15.6. The lowest BCUT2D eigenvalue weighted by Crippen LogP contribution is -2.13. The van der Waals surface area contributed by atoms with Crippen molar-refractivity contribution < 1.29 is 8.42 Å². The Labute approximate surface area is 137 Å². The van der Waals surface area contributed by atoms with Gasteiger partial charge in [-0.25, -0.2) is 13.6 Å². The SMILES string of the molecule is CC(Nc1ccc(Cl)c(Br)c1)c1cccc(S(N)(=O)=O)c1. The molecule has 0 aromatic heterocycles. The van der Waals surface area contributed by atoms with Crippen molar-refractivity contribution in [2.45, 2.75) is 17.9 Å². The molecule has 0 fully saturated rings. The maximum absolute atomic E-state index is 11.4. The normalized spacial score (nSPS) is 13.0. The van der Waals surface area contributed by atoms with Crippen molar-refractivity contribution in [2.24, 2.45) is 5.14 Å². The quantitative estimate of drug-likeness (QED) is 0.832. The molecular formula is C14H14BrClN2O2S. The summed E-state index contributed by atoms with van der Waals surface area (Å²) >= 11 is 9.31. The number of nitrogens with two attached hydrogens (primary N) is 1. The van der Waals surface area contributed by atoms with Crippen LogP contribution in [0.3, 0.4) is 0 Å². The molecule has 0 amide bonds. The van der Waals surface area contributed by atoms with Crippen LogP contribution in [0, 0.1) is 0 Å². The third-order valence-electron chi connectivity index (χ3n) is 2.99. The van der Waals surface area contributed by atoms with Gasteiger partial charge in [-0.2, -0.15) is 0 Å². The summed E-state index contributed by atoms with van der Waals surface area (Å²) in [5.41, 5.74) is 1.70. The molecule has 21 heavy (non-hydrogen) atoms. The van der Waals surface area contributed by atoms with E-state index < -0.39 is 10.0 Å². The summed E-state index contributed by atoms with van der Waals surface area (Å²) in [6, 6.07) is 12.0. The summed E-state index contributed by atoms with van der Waals surface area (Å²) in [6.45, 7) is 1.94. The summed E-state index contributed by atoms with van der Waals surface area (Å²) in [5.74, 6) is 0. The van der Waals surface area contributed by atoms with Crippen LogP contribution in [0.1, 0.15) is 18.5 Å². The van der Waals surface area contributed by atoms with Crippen molar-refractivity contribution in [2.75, 3.05) is 5.32 Å². The van der Waals surface area contributed by atoms with E-state index in [-0.39, 0.29) is 10.9 Å². The number of anilines is 1. The summed E-state index contributed by atoms with van der Waals surface area (Å²) in [5, 5.41) is 9.06. The van der Waals surface area contributed by atoms with Crippen molar-refractivity contribution in [1.82, 2.24) is 0 Å². The molecule has 0 aliphatic rings. The number of halogens is 2. The minimum atomic E-state index is -3.70. The molecule has 112 valence electrons. The van der Waals surface area contributed by atoms with Crippen molar-refractivity contribution in [3.05, 3.63) is 57.5 Å².